The van der Waals surface area contributed by atoms with Crippen molar-refractivity contribution >= 4 is 32.6 Å². The number of nitrogens with zero attached hydrogens (tertiary/aromatic N) is 3. The highest BCUT2D eigenvalue weighted by atomic mass is 32.2. The Kier molecular flexibility index (Phi) is 3.86. The van der Waals surface area contributed by atoms with E-state index in [1.807, 2.05) is 0 Å². The van der Waals surface area contributed by atoms with E-state index in [1.165, 1.54) is 31.3 Å². The Morgan fingerprint density at radius 2 is 1.79 bits per heavy atom. The van der Waals surface area contributed by atoms with Crippen LogP contribution in [0.3, 0.4) is 0 Å². The van der Waals surface area contributed by atoms with Gasteiger partial charge in [-0.25, -0.2) is 13.4 Å². The average molecular weight is 344 g/mol. The van der Waals surface area contributed by atoms with Crippen molar-refractivity contribution in [3.05, 3.63) is 64.3 Å². The molecule has 24 heavy (non-hydrogen) atoms. The van der Waals surface area contributed by atoms with Crippen LogP contribution in [0.25, 0.3) is 11.0 Å². The van der Waals surface area contributed by atoms with E-state index in [0.29, 0.717) is 11.0 Å². The Morgan fingerprint density at radius 3 is 2.50 bits per heavy atom. The minimum absolute atomic E-state index is 0.0413. The lowest BCUT2D eigenvalue weighted by Crippen LogP contribution is -2.16. The van der Waals surface area contributed by atoms with Crippen molar-refractivity contribution in [2.45, 2.75) is 11.8 Å². The molecule has 0 radical (unpaired) electrons. The second-order valence-corrected chi connectivity index (χ2v) is 6.66. The fourth-order valence-electron chi connectivity index (χ4n) is 2.29. The van der Waals surface area contributed by atoms with Crippen LogP contribution in [-0.4, -0.2) is 23.3 Å². The summed E-state index contributed by atoms with van der Waals surface area (Å²) in [6, 6.07) is 10.9. The number of nitro groups is 1. The van der Waals surface area contributed by atoms with E-state index in [4.69, 9.17) is 0 Å². The molecule has 0 atom stereocenters. The lowest BCUT2D eigenvalue weighted by atomic mass is 10.2. The highest BCUT2D eigenvalue weighted by Crippen LogP contribution is 2.26. The molecule has 0 aliphatic heterocycles. The molecule has 0 unspecified atom stereocenters. The van der Waals surface area contributed by atoms with Crippen LogP contribution < -0.4 is 4.72 Å². The zero-order chi connectivity index (χ0) is 17.3. The number of para-hydroxylation sites is 2. The van der Waals surface area contributed by atoms with Gasteiger partial charge in [-0.3, -0.25) is 19.8 Å². The first-order chi connectivity index (χ1) is 11.4. The smallest absolute Gasteiger partial charge is 0.262 e. The van der Waals surface area contributed by atoms with Gasteiger partial charge in [0.2, 0.25) is 0 Å². The number of rotatable bonds is 4. The Bertz CT molecular complexity index is 1050. The predicted molar refractivity (Wildman–Crippen MR) is 88.2 cm³/mol. The number of hydrogen-bond acceptors (Lipinski definition) is 6. The van der Waals surface area contributed by atoms with Gasteiger partial charge in [0.05, 0.1) is 27.0 Å². The van der Waals surface area contributed by atoms with Crippen LogP contribution in [0.5, 0.6) is 0 Å². The minimum Gasteiger partial charge on any atom is -0.262 e. The third-order valence-corrected chi connectivity index (χ3v) is 4.93. The van der Waals surface area contributed by atoms with E-state index in [1.54, 1.807) is 24.3 Å². The van der Waals surface area contributed by atoms with E-state index in [2.05, 4.69) is 14.7 Å². The summed E-state index contributed by atoms with van der Waals surface area (Å²) in [4.78, 5) is 18.5. The van der Waals surface area contributed by atoms with Crippen molar-refractivity contribution in [2.24, 2.45) is 0 Å². The Labute approximate surface area is 137 Å². The number of fused-ring (bicyclic) bond motifs is 1. The average Bonchev–Trinajstić information content (AvgIpc) is 2.54. The topological polar surface area (TPSA) is 115 Å². The Hall–Kier alpha value is -3.07. The molecule has 0 spiro atoms. The molecular formula is C15H12N4O4S. The minimum atomic E-state index is -4.03. The number of nitrogens with one attached hydrogen (secondary N) is 1. The molecule has 3 rings (SSSR count). The number of anilines is 1. The second kappa shape index (κ2) is 5.85. The normalized spacial score (nSPS) is 11.4. The number of sulfonamides is 1. The Morgan fingerprint density at radius 1 is 1.08 bits per heavy atom. The molecule has 0 amide bonds. The third kappa shape index (κ3) is 2.88. The fourth-order valence-corrected chi connectivity index (χ4v) is 3.54. The van der Waals surface area contributed by atoms with Gasteiger partial charge in [-0.1, -0.05) is 18.2 Å². The summed E-state index contributed by atoms with van der Waals surface area (Å²) in [6.07, 6.45) is 1.30. The number of benzene rings is 2. The molecule has 0 aliphatic carbocycles. The molecule has 2 aromatic carbocycles. The molecule has 122 valence electrons. The van der Waals surface area contributed by atoms with Crippen molar-refractivity contribution < 1.29 is 13.3 Å². The van der Waals surface area contributed by atoms with E-state index in [9.17, 15) is 18.5 Å². The molecule has 9 heteroatoms. The molecule has 1 heterocycles. The van der Waals surface area contributed by atoms with Gasteiger partial charge in [-0.05, 0) is 25.1 Å². The van der Waals surface area contributed by atoms with Crippen molar-refractivity contribution in [1.82, 2.24) is 9.97 Å². The highest BCUT2D eigenvalue weighted by molar-refractivity contribution is 7.92. The number of nitro benzene ring substituents is 1. The largest absolute Gasteiger partial charge is 0.273 e. The first-order valence-electron chi connectivity index (χ1n) is 6.87. The maximum Gasteiger partial charge on any atom is 0.273 e. The number of aromatic nitrogens is 2. The maximum atomic E-state index is 12.5. The van der Waals surface area contributed by atoms with Crippen LogP contribution in [0.15, 0.2) is 53.6 Å². The summed E-state index contributed by atoms with van der Waals surface area (Å²) < 4.78 is 27.4. The monoisotopic (exact) mass is 344 g/mol. The van der Waals surface area contributed by atoms with Crippen LogP contribution >= 0.6 is 0 Å². The van der Waals surface area contributed by atoms with Gasteiger partial charge in [0.1, 0.15) is 0 Å². The SMILES string of the molecule is Cc1c([N+](=O)[O-])cccc1S(=O)(=O)Nc1cnc2ccccc2n1. The molecule has 1 N–H and O–H groups in total. The molecule has 8 nitrogen and oxygen atoms in total. The zero-order valence-electron chi connectivity index (χ0n) is 12.5. The first kappa shape index (κ1) is 15.8. The van der Waals surface area contributed by atoms with Crippen LogP contribution in [0.2, 0.25) is 0 Å². The van der Waals surface area contributed by atoms with Gasteiger partial charge in [0.25, 0.3) is 15.7 Å². The Balaban J connectivity index is 2.02. The van der Waals surface area contributed by atoms with Gasteiger partial charge in [-0.2, -0.15) is 0 Å². The first-order valence-corrected chi connectivity index (χ1v) is 8.35. The van der Waals surface area contributed by atoms with Gasteiger partial charge < -0.3 is 0 Å². The summed E-state index contributed by atoms with van der Waals surface area (Å²) in [5, 5.41) is 11.0. The maximum absolute atomic E-state index is 12.5. The lowest BCUT2D eigenvalue weighted by molar-refractivity contribution is -0.385. The summed E-state index contributed by atoms with van der Waals surface area (Å²) in [5.41, 5.74) is 0.965. The van der Waals surface area contributed by atoms with Crippen molar-refractivity contribution in [3.63, 3.8) is 0 Å². The molecule has 0 saturated heterocycles. The lowest BCUT2D eigenvalue weighted by Gasteiger charge is -2.10. The van der Waals surface area contributed by atoms with E-state index < -0.39 is 14.9 Å². The van der Waals surface area contributed by atoms with Gasteiger partial charge in [0.15, 0.2) is 5.82 Å². The molecule has 0 saturated carbocycles. The van der Waals surface area contributed by atoms with Crippen molar-refractivity contribution in [2.75, 3.05) is 4.72 Å². The standard InChI is InChI=1S/C15H12N4O4S/c1-10-13(19(20)21)7-4-8-14(10)24(22,23)18-15-9-16-11-5-2-3-6-12(11)17-15/h2-9H,1H3,(H,17,18). The molecule has 3 aromatic rings. The van der Waals surface area contributed by atoms with Gasteiger partial charge in [0, 0.05) is 11.6 Å². The van der Waals surface area contributed by atoms with Crippen molar-refractivity contribution in [1.29, 1.82) is 0 Å². The molecule has 0 fully saturated rings. The summed E-state index contributed by atoms with van der Waals surface area (Å²) in [7, 11) is -4.03. The summed E-state index contributed by atoms with van der Waals surface area (Å²) in [6.45, 7) is 1.39. The van der Waals surface area contributed by atoms with Crippen molar-refractivity contribution in [3.8, 4) is 0 Å². The van der Waals surface area contributed by atoms with Crippen LogP contribution in [0.1, 0.15) is 5.56 Å². The van der Waals surface area contributed by atoms with E-state index in [-0.39, 0.29) is 22.0 Å². The fraction of sp³-hybridized carbons (Fsp3) is 0.0667. The number of hydrogen-bond donors (Lipinski definition) is 1. The van der Waals surface area contributed by atoms with E-state index in [0.717, 1.165) is 0 Å². The highest BCUT2D eigenvalue weighted by Gasteiger charge is 2.23. The molecule has 0 bridgehead atoms. The summed E-state index contributed by atoms with van der Waals surface area (Å²) >= 11 is 0. The molecule has 0 aliphatic rings. The molecular weight excluding hydrogens is 332 g/mol. The second-order valence-electron chi connectivity index (χ2n) is 5.01. The quantitative estimate of drug-likeness (QED) is 0.574. The zero-order valence-corrected chi connectivity index (χ0v) is 13.3. The summed E-state index contributed by atoms with van der Waals surface area (Å²) in [5.74, 6) is 0.0413. The van der Waals surface area contributed by atoms with E-state index >= 15 is 0 Å². The van der Waals surface area contributed by atoms with Gasteiger partial charge in [-0.15, -0.1) is 0 Å². The molecule has 1 aromatic heterocycles. The van der Waals surface area contributed by atoms with Gasteiger partial charge >= 0.3 is 0 Å². The third-order valence-electron chi connectivity index (χ3n) is 3.43. The van der Waals surface area contributed by atoms with Crippen LogP contribution in [0, 0.1) is 17.0 Å². The van der Waals surface area contributed by atoms with Crippen LogP contribution in [0.4, 0.5) is 11.5 Å². The van der Waals surface area contributed by atoms with Crippen LogP contribution in [-0.2, 0) is 10.0 Å². The predicted octanol–water partition coefficient (Wildman–Crippen LogP) is 2.65.